The second-order valence-electron chi connectivity index (χ2n) is 7.20. The van der Waals surface area contributed by atoms with Gasteiger partial charge in [0.25, 0.3) is 0 Å². The van der Waals surface area contributed by atoms with Crippen LogP contribution >= 0.6 is 0 Å². The molecule has 8 nitrogen and oxygen atoms in total. The van der Waals surface area contributed by atoms with Crippen LogP contribution in [0.1, 0.15) is 24.6 Å². The van der Waals surface area contributed by atoms with Crippen molar-refractivity contribution in [3.05, 3.63) is 36.0 Å². The largest absolute Gasteiger partial charge is 0.472 e. The number of nitrogens with zero attached hydrogens (tertiary/aromatic N) is 4. The number of carbonyl (C=O) groups is 1. The standard InChI is InChI=1S/C18H25N5O3/c1-2-23-16(8-20-21-23)10-22-9-15-12-26-6-4-18(15,13-22)17(24)19-7-14-3-5-25-11-14/h3,5,8,11,15H,2,4,6-7,9-10,12-13H2,1H3,(H,19,24). The Bertz CT molecular complexity index is 744. The molecule has 4 rings (SSSR count). The van der Waals surface area contributed by atoms with Crippen LogP contribution in [0.15, 0.2) is 29.2 Å². The number of hydrogen-bond donors (Lipinski definition) is 1. The summed E-state index contributed by atoms with van der Waals surface area (Å²) >= 11 is 0. The van der Waals surface area contributed by atoms with E-state index < -0.39 is 0 Å². The predicted molar refractivity (Wildman–Crippen MR) is 92.9 cm³/mol. The fourth-order valence-corrected chi connectivity index (χ4v) is 4.19. The SMILES string of the molecule is CCn1nncc1CN1CC2COCCC2(C(=O)NCc2ccoc2)C1. The van der Waals surface area contributed by atoms with Crippen molar-refractivity contribution in [2.45, 2.75) is 33.0 Å². The van der Waals surface area contributed by atoms with E-state index in [9.17, 15) is 4.79 Å². The molecule has 2 aromatic heterocycles. The minimum atomic E-state index is -0.382. The summed E-state index contributed by atoms with van der Waals surface area (Å²) in [6.45, 7) is 6.98. The quantitative estimate of drug-likeness (QED) is 0.830. The highest BCUT2D eigenvalue weighted by atomic mass is 16.5. The third-order valence-electron chi connectivity index (χ3n) is 5.65. The van der Waals surface area contributed by atoms with Crippen molar-refractivity contribution in [2.24, 2.45) is 11.3 Å². The lowest BCUT2D eigenvalue weighted by atomic mass is 9.73. The van der Waals surface area contributed by atoms with E-state index in [0.717, 1.165) is 43.9 Å². The molecule has 0 radical (unpaired) electrons. The molecule has 1 amide bonds. The van der Waals surface area contributed by atoms with E-state index in [0.29, 0.717) is 19.8 Å². The molecule has 0 aromatic carbocycles. The fourth-order valence-electron chi connectivity index (χ4n) is 4.19. The number of likely N-dealkylation sites (tertiary alicyclic amines) is 1. The first-order chi connectivity index (χ1) is 12.7. The van der Waals surface area contributed by atoms with Gasteiger partial charge >= 0.3 is 0 Å². The van der Waals surface area contributed by atoms with Crippen LogP contribution in [0.25, 0.3) is 0 Å². The first-order valence-electron chi connectivity index (χ1n) is 9.18. The van der Waals surface area contributed by atoms with Crippen LogP contribution in [-0.4, -0.2) is 52.1 Å². The number of ether oxygens (including phenoxy) is 1. The van der Waals surface area contributed by atoms with Gasteiger partial charge in [-0.15, -0.1) is 5.10 Å². The van der Waals surface area contributed by atoms with Crippen LogP contribution in [-0.2, 0) is 29.2 Å². The molecule has 2 fully saturated rings. The van der Waals surface area contributed by atoms with Crippen LogP contribution in [0.2, 0.25) is 0 Å². The van der Waals surface area contributed by atoms with Crippen molar-refractivity contribution in [1.29, 1.82) is 0 Å². The number of amides is 1. The summed E-state index contributed by atoms with van der Waals surface area (Å²) in [7, 11) is 0. The molecule has 2 aliphatic rings. The zero-order chi connectivity index (χ0) is 18.0. The van der Waals surface area contributed by atoms with Gasteiger partial charge in [-0.25, -0.2) is 4.68 Å². The summed E-state index contributed by atoms with van der Waals surface area (Å²) in [5.41, 5.74) is 1.68. The van der Waals surface area contributed by atoms with Crippen LogP contribution in [0, 0.1) is 11.3 Å². The number of nitrogens with one attached hydrogen (secondary N) is 1. The van der Waals surface area contributed by atoms with Crippen molar-refractivity contribution < 1.29 is 13.9 Å². The van der Waals surface area contributed by atoms with Crippen molar-refractivity contribution in [2.75, 3.05) is 26.3 Å². The Labute approximate surface area is 152 Å². The number of carbonyl (C=O) groups excluding carboxylic acids is 1. The highest BCUT2D eigenvalue weighted by molar-refractivity contribution is 5.83. The van der Waals surface area contributed by atoms with Gasteiger partial charge in [-0.05, 0) is 19.4 Å². The molecule has 140 valence electrons. The van der Waals surface area contributed by atoms with Gasteiger partial charge < -0.3 is 14.5 Å². The second-order valence-corrected chi connectivity index (χ2v) is 7.20. The van der Waals surface area contributed by atoms with Crippen molar-refractivity contribution in [3.8, 4) is 0 Å². The van der Waals surface area contributed by atoms with Crippen LogP contribution in [0.3, 0.4) is 0 Å². The Morgan fingerprint density at radius 2 is 2.42 bits per heavy atom. The van der Waals surface area contributed by atoms with Gasteiger partial charge in [0.15, 0.2) is 0 Å². The van der Waals surface area contributed by atoms with E-state index in [1.807, 2.05) is 16.9 Å². The van der Waals surface area contributed by atoms with Gasteiger partial charge in [0.05, 0.1) is 36.4 Å². The third-order valence-corrected chi connectivity index (χ3v) is 5.65. The topological polar surface area (TPSA) is 85.4 Å². The molecule has 8 heteroatoms. The van der Waals surface area contributed by atoms with Crippen molar-refractivity contribution >= 4 is 5.91 Å². The highest BCUT2D eigenvalue weighted by Gasteiger charge is 2.53. The summed E-state index contributed by atoms with van der Waals surface area (Å²) < 4.78 is 12.7. The van der Waals surface area contributed by atoms with Gasteiger partial charge in [0, 0.05) is 50.8 Å². The van der Waals surface area contributed by atoms with E-state index in [1.165, 1.54) is 0 Å². The zero-order valence-corrected chi connectivity index (χ0v) is 15.1. The number of rotatable bonds is 6. The molecule has 2 atom stereocenters. The second kappa shape index (κ2) is 7.20. The van der Waals surface area contributed by atoms with E-state index in [1.54, 1.807) is 12.5 Å². The Balaban J connectivity index is 1.46. The average Bonchev–Trinajstić information content (AvgIpc) is 3.39. The van der Waals surface area contributed by atoms with Gasteiger partial charge in [-0.2, -0.15) is 0 Å². The molecular weight excluding hydrogens is 334 g/mol. The van der Waals surface area contributed by atoms with E-state index in [4.69, 9.17) is 9.15 Å². The van der Waals surface area contributed by atoms with Crippen LogP contribution in [0.4, 0.5) is 0 Å². The van der Waals surface area contributed by atoms with Crippen molar-refractivity contribution in [3.63, 3.8) is 0 Å². The molecule has 0 saturated carbocycles. The maximum atomic E-state index is 13.1. The summed E-state index contributed by atoms with van der Waals surface area (Å²) in [6.07, 6.45) is 5.86. The van der Waals surface area contributed by atoms with Crippen molar-refractivity contribution in [1.82, 2.24) is 25.2 Å². The Kier molecular flexibility index (Phi) is 4.78. The Morgan fingerprint density at radius 1 is 1.50 bits per heavy atom. The molecule has 0 aliphatic carbocycles. The number of aromatic nitrogens is 3. The maximum Gasteiger partial charge on any atom is 0.228 e. The molecule has 26 heavy (non-hydrogen) atoms. The summed E-state index contributed by atoms with van der Waals surface area (Å²) in [5, 5.41) is 11.2. The van der Waals surface area contributed by atoms with Gasteiger partial charge in [-0.1, -0.05) is 5.21 Å². The number of fused-ring (bicyclic) bond motifs is 1. The number of furan rings is 1. The Hall–Kier alpha value is -2.19. The van der Waals surface area contributed by atoms with Crippen LogP contribution in [0.5, 0.6) is 0 Å². The molecule has 2 unspecified atom stereocenters. The molecule has 2 aliphatic heterocycles. The Morgan fingerprint density at radius 3 is 3.23 bits per heavy atom. The molecule has 1 N–H and O–H groups in total. The first kappa shape index (κ1) is 17.2. The highest BCUT2D eigenvalue weighted by Crippen LogP contribution is 2.43. The number of hydrogen-bond acceptors (Lipinski definition) is 6. The van der Waals surface area contributed by atoms with E-state index in [-0.39, 0.29) is 17.2 Å². The molecule has 0 spiro atoms. The molecule has 4 heterocycles. The molecule has 2 saturated heterocycles. The van der Waals surface area contributed by atoms with Gasteiger partial charge in [0.2, 0.25) is 5.91 Å². The predicted octanol–water partition coefficient (Wildman–Crippen LogP) is 1.05. The lowest BCUT2D eigenvalue weighted by molar-refractivity contribution is -0.139. The average molecular weight is 359 g/mol. The van der Waals surface area contributed by atoms with Crippen LogP contribution < -0.4 is 5.32 Å². The van der Waals surface area contributed by atoms with Gasteiger partial charge in [-0.3, -0.25) is 9.69 Å². The third kappa shape index (κ3) is 3.14. The summed E-state index contributed by atoms with van der Waals surface area (Å²) in [5.74, 6) is 0.336. The normalized spacial score (nSPS) is 26.0. The molecule has 2 aromatic rings. The first-order valence-corrected chi connectivity index (χ1v) is 9.18. The van der Waals surface area contributed by atoms with E-state index in [2.05, 4.69) is 27.5 Å². The fraction of sp³-hybridized carbons (Fsp3) is 0.611. The lowest BCUT2D eigenvalue weighted by Gasteiger charge is -2.37. The minimum Gasteiger partial charge on any atom is -0.472 e. The maximum absolute atomic E-state index is 13.1. The minimum absolute atomic E-state index is 0.122. The zero-order valence-electron chi connectivity index (χ0n) is 15.1. The summed E-state index contributed by atoms with van der Waals surface area (Å²) in [4.78, 5) is 15.4. The molecular formula is C18H25N5O3. The summed E-state index contributed by atoms with van der Waals surface area (Å²) in [6, 6.07) is 1.87. The number of aryl methyl sites for hydroxylation is 1. The van der Waals surface area contributed by atoms with Gasteiger partial charge in [0.1, 0.15) is 0 Å². The monoisotopic (exact) mass is 359 g/mol. The smallest absolute Gasteiger partial charge is 0.228 e. The lowest BCUT2D eigenvalue weighted by Crippen LogP contribution is -2.50. The molecule has 0 bridgehead atoms. The van der Waals surface area contributed by atoms with E-state index >= 15 is 0 Å².